The summed E-state index contributed by atoms with van der Waals surface area (Å²) < 4.78 is 30.5. The number of pyridine rings is 1. The van der Waals surface area contributed by atoms with Crippen LogP contribution in [0.5, 0.6) is 11.6 Å². The van der Waals surface area contributed by atoms with E-state index in [1.165, 1.54) is 12.4 Å². The number of nitrogens with one attached hydrogen (secondary N) is 2. The fraction of sp³-hybridized carbons (Fsp3) is 0.211. The Morgan fingerprint density at radius 2 is 1.76 bits per heavy atom. The van der Waals surface area contributed by atoms with Crippen LogP contribution in [0, 0.1) is 0 Å². The highest BCUT2D eigenvalue weighted by Crippen LogP contribution is 2.21. The van der Waals surface area contributed by atoms with E-state index in [-0.39, 0.29) is 0 Å². The van der Waals surface area contributed by atoms with Crippen LogP contribution < -0.4 is 14.8 Å². The highest BCUT2D eigenvalue weighted by Gasteiger charge is 2.04. The van der Waals surface area contributed by atoms with E-state index in [9.17, 15) is 8.42 Å². The lowest BCUT2D eigenvalue weighted by Crippen LogP contribution is -2.24. The molecule has 0 amide bonds. The lowest BCUT2D eigenvalue weighted by Gasteiger charge is -2.09. The molecule has 2 N–H and O–H groups in total. The van der Waals surface area contributed by atoms with Crippen LogP contribution >= 0.6 is 11.6 Å². The van der Waals surface area contributed by atoms with Crippen molar-refractivity contribution in [2.24, 2.45) is 0 Å². The van der Waals surface area contributed by atoms with Gasteiger partial charge < -0.3 is 10.1 Å². The van der Waals surface area contributed by atoms with Crippen molar-refractivity contribution in [3.05, 3.63) is 71.1 Å². The maximum Gasteiger partial charge on any atom is 0.222 e. The van der Waals surface area contributed by atoms with Gasteiger partial charge in [-0.25, -0.2) is 28.1 Å². The van der Waals surface area contributed by atoms with Crippen LogP contribution in [0.4, 0.5) is 5.95 Å². The molecule has 2 heterocycles. The second kappa shape index (κ2) is 9.64. The van der Waals surface area contributed by atoms with Crippen molar-refractivity contribution in [2.75, 3.05) is 18.1 Å². The number of sulfonamides is 1. The van der Waals surface area contributed by atoms with Gasteiger partial charge in [0.05, 0.1) is 23.7 Å². The molecule has 0 unspecified atom stereocenters. The molecule has 0 saturated heterocycles. The van der Waals surface area contributed by atoms with E-state index in [4.69, 9.17) is 16.3 Å². The summed E-state index contributed by atoms with van der Waals surface area (Å²) in [6, 6.07) is 11.1. The Balaban J connectivity index is 1.54. The fourth-order valence-corrected chi connectivity index (χ4v) is 3.00. The summed E-state index contributed by atoms with van der Waals surface area (Å²) in [5, 5.41) is 3.58. The molecule has 0 radical (unpaired) electrons. The summed E-state index contributed by atoms with van der Waals surface area (Å²) in [6.45, 7) is 0.861. The number of anilines is 1. The van der Waals surface area contributed by atoms with Gasteiger partial charge in [-0.3, -0.25) is 0 Å². The second-order valence-corrected chi connectivity index (χ2v) is 8.51. The zero-order chi connectivity index (χ0) is 20.7. The van der Waals surface area contributed by atoms with Gasteiger partial charge in [0.15, 0.2) is 0 Å². The molecule has 0 aliphatic carbocycles. The van der Waals surface area contributed by atoms with Gasteiger partial charge in [-0.2, -0.15) is 0 Å². The first-order chi connectivity index (χ1) is 13.9. The van der Waals surface area contributed by atoms with Crippen LogP contribution in [0.15, 0.2) is 55.0 Å². The van der Waals surface area contributed by atoms with Gasteiger partial charge in [-0.15, -0.1) is 0 Å². The molecule has 0 bridgehead atoms. The number of rotatable bonds is 9. The molecule has 0 aliphatic heterocycles. The number of halogens is 1. The van der Waals surface area contributed by atoms with E-state index in [1.807, 2.05) is 36.4 Å². The van der Waals surface area contributed by atoms with Gasteiger partial charge in [0.25, 0.3) is 0 Å². The summed E-state index contributed by atoms with van der Waals surface area (Å²) in [5.74, 6) is 1.59. The van der Waals surface area contributed by atoms with Gasteiger partial charge in [0, 0.05) is 25.4 Å². The van der Waals surface area contributed by atoms with Crippen LogP contribution in [0.2, 0.25) is 5.02 Å². The Labute approximate surface area is 174 Å². The van der Waals surface area contributed by atoms with Crippen molar-refractivity contribution < 1.29 is 13.2 Å². The molecule has 3 rings (SSSR count). The number of hydrogen-bond donors (Lipinski definition) is 2. The molecule has 3 aromatic rings. The molecule has 29 heavy (non-hydrogen) atoms. The molecule has 1 aromatic carbocycles. The number of ether oxygens (including phenoxy) is 1. The molecule has 8 nitrogen and oxygen atoms in total. The monoisotopic (exact) mass is 433 g/mol. The quantitative estimate of drug-likeness (QED) is 0.534. The minimum atomic E-state index is -3.17. The van der Waals surface area contributed by atoms with Crippen molar-refractivity contribution in [3.63, 3.8) is 0 Å². The molecular formula is C19H20ClN5O3S. The van der Waals surface area contributed by atoms with E-state index in [1.54, 1.807) is 6.20 Å². The molecule has 0 saturated carbocycles. The first-order valence-electron chi connectivity index (χ1n) is 8.75. The lowest BCUT2D eigenvalue weighted by atomic mass is 10.1. The Kier molecular flexibility index (Phi) is 6.97. The Bertz CT molecular complexity index is 1040. The molecule has 0 aliphatic rings. The van der Waals surface area contributed by atoms with E-state index >= 15 is 0 Å². The summed E-state index contributed by atoms with van der Waals surface area (Å²) in [5.41, 5.74) is 1.96. The van der Waals surface area contributed by atoms with E-state index in [0.29, 0.717) is 42.1 Å². The summed E-state index contributed by atoms with van der Waals surface area (Å²) in [4.78, 5) is 12.4. The van der Waals surface area contributed by atoms with Crippen LogP contribution in [-0.2, 0) is 23.0 Å². The van der Waals surface area contributed by atoms with Crippen molar-refractivity contribution in [3.8, 4) is 11.6 Å². The van der Waals surface area contributed by atoms with Gasteiger partial charge in [-0.1, -0.05) is 23.7 Å². The maximum absolute atomic E-state index is 11.1. The predicted molar refractivity (Wildman–Crippen MR) is 112 cm³/mol. The van der Waals surface area contributed by atoms with Crippen molar-refractivity contribution >= 4 is 27.6 Å². The van der Waals surface area contributed by atoms with Crippen molar-refractivity contribution in [1.82, 2.24) is 19.7 Å². The molecule has 0 atom stereocenters. The normalized spacial score (nSPS) is 11.2. The predicted octanol–water partition coefficient (Wildman–Crippen LogP) is 3.02. The maximum atomic E-state index is 11.1. The number of nitrogens with zero attached hydrogens (tertiary/aromatic N) is 3. The molecular weight excluding hydrogens is 414 g/mol. The highest BCUT2D eigenvalue weighted by molar-refractivity contribution is 7.88. The average Bonchev–Trinajstić information content (AvgIpc) is 2.68. The Hall–Kier alpha value is -2.75. The third kappa shape index (κ3) is 7.30. The molecule has 2 aromatic heterocycles. The first kappa shape index (κ1) is 21.0. The van der Waals surface area contributed by atoms with Crippen LogP contribution in [-0.4, -0.2) is 36.2 Å². The van der Waals surface area contributed by atoms with Crippen LogP contribution in [0.3, 0.4) is 0 Å². The van der Waals surface area contributed by atoms with E-state index in [2.05, 4.69) is 25.0 Å². The van der Waals surface area contributed by atoms with E-state index < -0.39 is 10.0 Å². The summed E-state index contributed by atoms with van der Waals surface area (Å²) in [6.07, 6.45) is 6.46. The number of benzene rings is 1. The van der Waals surface area contributed by atoms with Crippen LogP contribution in [0.25, 0.3) is 0 Å². The van der Waals surface area contributed by atoms with Gasteiger partial charge in [-0.05, 0) is 35.7 Å². The minimum Gasteiger partial charge on any atom is -0.439 e. The topological polar surface area (TPSA) is 106 Å². The minimum absolute atomic E-state index is 0.354. The smallest absolute Gasteiger partial charge is 0.222 e. The molecule has 10 heteroatoms. The first-order valence-corrected chi connectivity index (χ1v) is 11.0. The van der Waals surface area contributed by atoms with Gasteiger partial charge >= 0.3 is 0 Å². The third-order valence-electron chi connectivity index (χ3n) is 3.79. The molecule has 0 fully saturated rings. The SMILES string of the molecule is CS(=O)(=O)NCCc1ccc(Oc2cc(CNc3ncc(Cl)cn3)ccn2)cc1. The third-order valence-corrected chi connectivity index (χ3v) is 4.72. The highest BCUT2D eigenvalue weighted by atomic mass is 35.5. The van der Waals surface area contributed by atoms with Crippen molar-refractivity contribution in [1.29, 1.82) is 0 Å². The van der Waals surface area contributed by atoms with Gasteiger partial charge in [0.2, 0.25) is 21.9 Å². The lowest BCUT2D eigenvalue weighted by molar-refractivity contribution is 0.462. The van der Waals surface area contributed by atoms with E-state index in [0.717, 1.165) is 17.4 Å². The van der Waals surface area contributed by atoms with Gasteiger partial charge in [0.1, 0.15) is 5.75 Å². The largest absolute Gasteiger partial charge is 0.439 e. The summed E-state index contributed by atoms with van der Waals surface area (Å²) >= 11 is 5.77. The summed E-state index contributed by atoms with van der Waals surface area (Å²) in [7, 11) is -3.17. The molecule has 0 spiro atoms. The zero-order valence-corrected chi connectivity index (χ0v) is 17.2. The Morgan fingerprint density at radius 3 is 2.45 bits per heavy atom. The number of aromatic nitrogens is 3. The standard InChI is InChI=1S/C19H20ClN5O3S/c1-29(26,27)25-9-7-14-2-4-17(5-3-14)28-18-10-15(6-8-21-18)11-22-19-23-12-16(20)13-24-19/h2-6,8,10,12-13,25H,7,9,11H2,1H3,(H,22,23,24). The average molecular weight is 434 g/mol. The molecule has 152 valence electrons. The zero-order valence-electron chi connectivity index (χ0n) is 15.7. The van der Waals surface area contributed by atoms with Crippen LogP contribution in [0.1, 0.15) is 11.1 Å². The van der Waals surface area contributed by atoms with Crippen molar-refractivity contribution in [2.45, 2.75) is 13.0 Å². The number of hydrogen-bond acceptors (Lipinski definition) is 7. The fourth-order valence-electron chi connectivity index (χ4n) is 2.43. The second-order valence-electron chi connectivity index (χ2n) is 6.24. The Morgan fingerprint density at radius 1 is 1.03 bits per heavy atom.